The molecule has 1 saturated carbocycles. The Morgan fingerprint density at radius 2 is 1.75 bits per heavy atom. The summed E-state index contributed by atoms with van der Waals surface area (Å²) in [6.45, 7) is 6.08. The molecule has 3 nitrogen and oxygen atoms in total. The highest BCUT2D eigenvalue weighted by Gasteiger charge is 2.24. The lowest BCUT2D eigenvalue weighted by Gasteiger charge is -2.29. The Labute approximate surface area is 99.2 Å². The fraction of sp³-hybridized carbons (Fsp3) is 0.923. The minimum Gasteiger partial charge on any atom is -0.352 e. The van der Waals surface area contributed by atoms with Crippen molar-refractivity contribution in [3.05, 3.63) is 0 Å². The molecular formula is C13H26N2O. The van der Waals surface area contributed by atoms with E-state index in [1.165, 1.54) is 32.1 Å². The zero-order chi connectivity index (χ0) is 12.1. The van der Waals surface area contributed by atoms with Crippen LogP contribution in [-0.4, -0.2) is 18.0 Å². The zero-order valence-corrected chi connectivity index (χ0v) is 10.8. The van der Waals surface area contributed by atoms with Crippen LogP contribution in [0.4, 0.5) is 0 Å². The van der Waals surface area contributed by atoms with Gasteiger partial charge in [-0.05, 0) is 31.6 Å². The molecule has 0 saturated heterocycles. The van der Waals surface area contributed by atoms with Crippen molar-refractivity contribution in [2.75, 3.05) is 0 Å². The second kappa shape index (κ2) is 6.24. The van der Waals surface area contributed by atoms with Crippen molar-refractivity contribution in [1.29, 1.82) is 0 Å². The monoisotopic (exact) mass is 226 g/mol. The third-order valence-corrected chi connectivity index (χ3v) is 3.75. The van der Waals surface area contributed by atoms with E-state index in [0.29, 0.717) is 5.92 Å². The number of amides is 1. The van der Waals surface area contributed by atoms with E-state index in [1.54, 1.807) is 0 Å². The van der Waals surface area contributed by atoms with Gasteiger partial charge in [0.15, 0.2) is 0 Å². The van der Waals surface area contributed by atoms with Crippen LogP contribution in [0.1, 0.15) is 52.9 Å². The molecule has 3 heteroatoms. The minimum atomic E-state index is -0.369. The summed E-state index contributed by atoms with van der Waals surface area (Å²) in [6, 6.07) is -0.0939. The van der Waals surface area contributed by atoms with E-state index < -0.39 is 0 Å². The Hall–Kier alpha value is -0.570. The van der Waals surface area contributed by atoms with Crippen LogP contribution in [0.3, 0.4) is 0 Å². The summed E-state index contributed by atoms with van der Waals surface area (Å²) in [7, 11) is 0. The van der Waals surface area contributed by atoms with Crippen LogP contribution < -0.4 is 11.1 Å². The van der Waals surface area contributed by atoms with Crippen LogP contribution in [0.5, 0.6) is 0 Å². The van der Waals surface area contributed by atoms with Crippen molar-refractivity contribution in [2.24, 2.45) is 17.6 Å². The Morgan fingerprint density at radius 3 is 2.25 bits per heavy atom. The van der Waals surface area contributed by atoms with Crippen LogP contribution in [0.25, 0.3) is 0 Å². The van der Waals surface area contributed by atoms with Crippen LogP contribution in [0, 0.1) is 11.8 Å². The third kappa shape index (κ3) is 3.78. The van der Waals surface area contributed by atoms with Gasteiger partial charge in [-0.15, -0.1) is 0 Å². The van der Waals surface area contributed by atoms with Crippen molar-refractivity contribution in [3.63, 3.8) is 0 Å². The largest absolute Gasteiger partial charge is 0.352 e. The molecule has 1 amide bonds. The fourth-order valence-corrected chi connectivity index (χ4v) is 2.38. The number of rotatable bonds is 4. The number of carbonyl (C=O) groups is 1. The molecule has 1 fully saturated rings. The molecule has 1 aliphatic rings. The predicted octanol–water partition coefficient (Wildman–Crippen LogP) is 2.05. The number of hydrogen-bond donors (Lipinski definition) is 2. The first-order valence-corrected chi connectivity index (χ1v) is 6.58. The molecule has 0 aromatic carbocycles. The quantitative estimate of drug-likeness (QED) is 0.771. The fourth-order valence-electron chi connectivity index (χ4n) is 2.38. The molecule has 0 radical (unpaired) electrons. The average Bonchev–Trinajstić information content (AvgIpc) is 2.28. The second-order valence-corrected chi connectivity index (χ2v) is 5.47. The second-order valence-electron chi connectivity index (χ2n) is 5.47. The van der Waals surface area contributed by atoms with Crippen LogP contribution in [-0.2, 0) is 4.79 Å². The number of nitrogens with two attached hydrogens (primary N) is 1. The van der Waals surface area contributed by atoms with E-state index >= 15 is 0 Å². The van der Waals surface area contributed by atoms with Gasteiger partial charge in [0.2, 0.25) is 5.91 Å². The molecular weight excluding hydrogens is 200 g/mol. The standard InChI is InChI=1S/C13H26N2O/c1-9(2)12(14)13(16)15-10(3)11-7-5-4-6-8-11/h9-12H,4-8,14H2,1-3H3,(H,15,16)/t10-,12-/m1/s1. The van der Waals surface area contributed by atoms with Gasteiger partial charge in [0.1, 0.15) is 0 Å². The van der Waals surface area contributed by atoms with Gasteiger partial charge in [0.25, 0.3) is 0 Å². The van der Waals surface area contributed by atoms with Crippen molar-refractivity contribution in [3.8, 4) is 0 Å². The molecule has 1 aliphatic carbocycles. The van der Waals surface area contributed by atoms with Crippen LogP contribution >= 0.6 is 0 Å². The molecule has 0 bridgehead atoms. The summed E-state index contributed by atoms with van der Waals surface area (Å²) < 4.78 is 0. The summed E-state index contributed by atoms with van der Waals surface area (Å²) in [5.41, 5.74) is 5.83. The first-order valence-electron chi connectivity index (χ1n) is 6.58. The predicted molar refractivity (Wildman–Crippen MR) is 67.0 cm³/mol. The first-order chi connectivity index (χ1) is 7.52. The highest BCUT2D eigenvalue weighted by molar-refractivity contribution is 5.81. The molecule has 0 unspecified atom stereocenters. The van der Waals surface area contributed by atoms with Gasteiger partial charge in [-0.2, -0.15) is 0 Å². The molecule has 16 heavy (non-hydrogen) atoms. The summed E-state index contributed by atoms with van der Waals surface area (Å²) in [6.07, 6.45) is 6.46. The number of carbonyl (C=O) groups excluding carboxylic acids is 1. The van der Waals surface area contributed by atoms with Gasteiger partial charge in [-0.25, -0.2) is 0 Å². The maximum absolute atomic E-state index is 11.8. The number of nitrogens with one attached hydrogen (secondary N) is 1. The molecule has 0 aliphatic heterocycles. The lowest BCUT2D eigenvalue weighted by Crippen LogP contribution is -2.49. The molecule has 3 N–H and O–H groups in total. The van der Waals surface area contributed by atoms with Gasteiger partial charge < -0.3 is 11.1 Å². The van der Waals surface area contributed by atoms with Crippen LogP contribution in [0.2, 0.25) is 0 Å². The molecule has 2 atom stereocenters. The Bertz CT molecular complexity index is 222. The van der Waals surface area contributed by atoms with Crippen molar-refractivity contribution >= 4 is 5.91 Å². The van der Waals surface area contributed by atoms with E-state index in [9.17, 15) is 4.79 Å². The lowest BCUT2D eigenvalue weighted by atomic mass is 9.84. The molecule has 0 aromatic heterocycles. The van der Waals surface area contributed by atoms with E-state index in [1.807, 2.05) is 13.8 Å². The van der Waals surface area contributed by atoms with Gasteiger partial charge in [-0.3, -0.25) is 4.79 Å². The highest BCUT2D eigenvalue weighted by Crippen LogP contribution is 2.26. The summed E-state index contributed by atoms with van der Waals surface area (Å²) in [4.78, 5) is 11.8. The zero-order valence-electron chi connectivity index (χ0n) is 10.8. The average molecular weight is 226 g/mol. The van der Waals surface area contributed by atoms with Gasteiger partial charge in [0, 0.05) is 6.04 Å². The van der Waals surface area contributed by atoms with Gasteiger partial charge in [-0.1, -0.05) is 33.1 Å². The Kier molecular flexibility index (Phi) is 5.26. The maximum atomic E-state index is 11.8. The smallest absolute Gasteiger partial charge is 0.237 e. The summed E-state index contributed by atoms with van der Waals surface area (Å²) in [5, 5.41) is 3.07. The third-order valence-electron chi connectivity index (χ3n) is 3.75. The minimum absolute atomic E-state index is 0.00748. The Morgan fingerprint density at radius 1 is 1.19 bits per heavy atom. The van der Waals surface area contributed by atoms with E-state index in [2.05, 4.69) is 12.2 Å². The topological polar surface area (TPSA) is 55.1 Å². The van der Waals surface area contributed by atoms with E-state index in [-0.39, 0.29) is 23.9 Å². The normalized spacial score (nSPS) is 21.8. The maximum Gasteiger partial charge on any atom is 0.237 e. The number of hydrogen-bond acceptors (Lipinski definition) is 2. The van der Waals surface area contributed by atoms with Crippen LogP contribution in [0.15, 0.2) is 0 Å². The lowest BCUT2D eigenvalue weighted by molar-refractivity contribution is -0.124. The molecule has 0 spiro atoms. The molecule has 0 heterocycles. The first kappa shape index (κ1) is 13.5. The Balaban J connectivity index is 2.37. The summed E-state index contributed by atoms with van der Waals surface area (Å²) >= 11 is 0. The van der Waals surface area contributed by atoms with E-state index in [4.69, 9.17) is 5.73 Å². The molecule has 94 valence electrons. The molecule has 1 rings (SSSR count). The van der Waals surface area contributed by atoms with Crippen molar-refractivity contribution in [2.45, 2.75) is 65.0 Å². The highest BCUT2D eigenvalue weighted by atomic mass is 16.2. The summed E-state index contributed by atoms with van der Waals surface area (Å²) in [5.74, 6) is 0.865. The SMILES string of the molecule is CC(C)[C@@H](N)C(=O)N[C@H](C)C1CCCCC1. The van der Waals surface area contributed by atoms with E-state index in [0.717, 1.165) is 0 Å². The van der Waals surface area contributed by atoms with Gasteiger partial charge in [0.05, 0.1) is 6.04 Å². The van der Waals surface area contributed by atoms with Gasteiger partial charge >= 0.3 is 0 Å². The van der Waals surface area contributed by atoms with Crippen molar-refractivity contribution < 1.29 is 4.79 Å². The molecule has 0 aromatic rings. The van der Waals surface area contributed by atoms with Crippen molar-refractivity contribution in [1.82, 2.24) is 5.32 Å².